The predicted octanol–water partition coefficient (Wildman–Crippen LogP) is 3.64. The van der Waals surface area contributed by atoms with E-state index in [2.05, 4.69) is 22.1 Å². The SMILES string of the molecule is CCc1[nH]c2cc(F)ccc2c1C1CCN(c2nc3c(c(NC4(CO)CC4)n2)S(=O)CC3)CC1. The third-order valence-electron chi connectivity index (χ3n) is 7.64. The number of hydrogen-bond acceptors (Lipinski definition) is 6. The largest absolute Gasteiger partial charge is 0.394 e. The zero-order valence-electron chi connectivity index (χ0n) is 19.4. The summed E-state index contributed by atoms with van der Waals surface area (Å²) in [6.07, 6.45) is 5.30. The lowest BCUT2D eigenvalue weighted by Gasteiger charge is -2.33. The minimum atomic E-state index is -1.09. The molecule has 1 saturated heterocycles. The first kappa shape index (κ1) is 22.0. The molecule has 3 aromatic rings. The Bertz CT molecular complexity index is 1280. The molecule has 0 bridgehead atoms. The molecule has 0 radical (unpaired) electrons. The van der Waals surface area contributed by atoms with Crippen molar-refractivity contribution in [3.8, 4) is 0 Å². The number of anilines is 2. The van der Waals surface area contributed by atoms with Gasteiger partial charge in [0.15, 0.2) is 0 Å². The number of aliphatic hydroxyl groups excluding tert-OH is 1. The van der Waals surface area contributed by atoms with Gasteiger partial charge in [-0.3, -0.25) is 4.21 Å². The second-order valence-electron chi connectivity index (χ2n) is 9.83. The Labute approximate surface area is 200 Å². The van der Waals surface area contributed by atoms with Gasteiger partial charge >= 0.3 is 0 Å². The van der Waals surface area contributed by atoms with Crippen LogP contribution in [0.4, 0.5) is 16.2 Å². The van der Waals surface area contributed by atoms with Crippen molar-refractivity contribution in [1.82, 2.24) is 15.0 Å². The molecule has 1 saturated carbocycles. The number of fused-ring (bicyclic) bond motifs is 2. The fourth-order valence-electron chi connectivity index (χ4n) is 5.50. The van der Waals surface area contributed by atoms with Crippen LogP contribution in [-0.4, -0.2) is 55.3 Å². The number of benzene rings is 1. The van der Waals surface area contributed by atoms with Crippen LogP contribution in [0.3, 0.4) is 0 Å². The second-order valence-corrected chi connectivity index (χ2v) is 11.3. The summed E-state index contributed by atoms with van der Waals surface area (Å²) in [5.41, 5.74) is 3.93. The maximum Gasteiger partial charge on any atom is 0.227 e. The number of hydrogen-bond donors (Lipinski definition) is 3. The van der Waals surface area contributed by atoms with E-state index >= 15 is 0 Å². The molecule has 1 atom stereocenters. The number of nitrogens with one attached hydrogen (secondary N) is 2. The van der Waals surface area contributed by atoms with E-state index in [1.54, 1.807) is 12.1 Å². The lowest BCUT2D eigenvalue weighted by atomic mass is 9.87. The average molecular weight is 484 g/mol. The van der Waals surface area contributed by atoms with Gasteiger partial charge in [0, 0.05) is 41.9 Å². The normalized spacial score (nSPS) is 21.7. The summed E-state index contributed by atoms with van der Waals surface area (Å²) in [4.78, 5) is 16.0. The molecule has 2 aromatic heterocycles. The van der Waals surface area contributed by atoms with Crippen molar-refractivity contribution in [1.29, 1.82) is 0 Å². The van der Waals surface area contributed by atoms with E-state index in [1.807, 2.05) is 6.07 Å². The molecule has 7 nitrogen and oxygen atoms in total. The maximum atomic E-state index is 13.8. The highest BCUT2D eigenvalue weighted by Crippen LogP contribution is 2.42. The quantitative estimate of drug-likeness (QED) is 0.496. The molecule has 1 aromatic carbocycles. The maximum absolute atomic E-state index is 13.8. The van der Waals surface area contributed by atoms with Gasteiger partial charge < -0.3 is 20.3 Å². The standard InChI is InChI=1S/C25H30FN5O2S/c1-2-18-21(17-4-3-16(26)13-20(17)27-18)15-5-10-31(11-6-15)24-28-19-7-12-34(33)22(19)23(29-24)30-25(14-32)8-9-25/h3-4,13,15,27,32H,2,5-12,14H2,1H3,(H,28,29,30). The van der Waals surface area contributed by atoms with E-state index in [9.17, 15) is 13.7 Å². The molecule has 34 heavy (non-hydrogen) atoms. The van der Waals surface area contributed by atoms with Crippen LogP contribution < -0.4 is 10.2 Å². The summed E-state index contributed by atoms with van der Waals surface area (Å²) in [5.74, 6) is 2.08. The fourth-order valence-corrected chi connectivity index (χ4v) is 6.80. The van der Waals surface area contributed by atoms with E-state index in [0.717, 1.165) is 66.7 Å². The van der Waals surface area contributed by atoms with Gasteiger partial charge in [0.1, 0.15) is 16.5 Å². The van der Waals surface area contributed by atoms with Crippen LogP contribution in [0.15, 0.2) is 23.1 Å². The van der Waals surface area contributed by atoms with Crippen molar-refractivity contribution in [3.63, 3.8) is 0 Å². The average Bonchev–Trinajstić information content (AvgIpc) is 3.38. The minimum Gasteiger partial charge on any atom is -0.394 e. The first-order valence-electron chi connectivity index (χ1n) is 12.2. The Kier molecular flexibility index (Phi) is 5.37. The Morgan fingerprint density at radius 2 is 2.09 bits per heavy atom. The van der Waals surface area contributed by atoms with Crippen LogP contribution in [0.1, 0.15) is 55.5 Å². The van der Waals surface area contributed by atoms with Crippen LogP contribution in [-0.2, 0) is 23.6 Å². The van der Waals surface area contributed by atoms with Gasteiger partial charge in [0.2, 0.25) is 5.95 Å². The van der Waals surface area contributed by atoms with Gasteiger partial charge in [0.05, 0.1) is 28.6 Å². The summed E-state index contributed by atoms with van der Waals surface area (Å²) in [6.45, 7) is 3.84. The molecule has 3 aliphatic rings. The molecule has 2 aliphatic heterocycles. The van der Waals surface area contributed by atoms with Gasteiger partial charge in [-0.1, -0.05) is 6.92 Å². The van der Waals surface area contributed by atoms with E-state index in [4.69, 9.17) is 9.97 Å². The summed E-state index contributed by atoms with van der Waals surface area (Å²) >= 11 is 0. The lowest BCUT2D eigenvalue weighted by molar-refractivity contribution is 0.265. The number of aromatic nitrogens is 3. The third kappa shape index (κ3) is 3.69. The van der Waals surface area contributed by atoms with Gasteiger partial charge in [0.25, 0.3) is 0 Å². The number of aromatic amines is 1. The summed E-state index contributed by atoms with van der Waals surface area (Å²) in [6, 6.07) is 5.03. The highest BCUT2D eigenvalue weighted by atomic mass is 32.2. The molecule has 6 rings (SSSR count). The number of aryl methyl sites for hydroxylation is 2. The number of rotatable bonds is 6. The number of H-pyrrole nitrogens is 1. The smallest absolute Gasteiger partial charge is 0.227 e. The van der Waals surface area contributed by atoms with Crippen molar-refractivity contribution >= 4 is 33.5 Å². The summed E-state index contributed by atoms with van der Waals surface area (Å²) in [5, 5.41) is 14.3. The monoisotopic (exact) mass is 483 g/mol. The molecule has 180 valence electrons. The molecular formula is C25H30FN5O2S. The van der Waals surface area contributed by atoms with Gasteiger partial charge in [-0.25, -0.2) is 9.37 Å². The van der Waals surface area contributed by atoms with Crippen molar-refractivity contribution in [2.24, 2.45) is 0 Å². The Morgan fingerprint density at radius 3 is 2.79 bits per heavy atom. The number of halogens is 1. The molecule has 1 unspecified atom stereocenters. The topological polar surface area (TPSA) is 94.1 Å². The van der Waals surface area contributed by atoms with Crippen LogP contribution in [0.5, 0.6) is 0 Å². The fraction of sp³-hybridized carbons (Fsp3) is 0.520. The number of aliphatic hydroxyl groups is 1. The van der Waals surface area contributed by atoms with Crippen molar-refractivity contribution in [3.05, 3.63) is 41.0 Å². The molecule has 3 N–H and O–H groups in total. The van der Waals surface area contributed by atoms with Crippen LogP contribution in [0.25, 0.3) is 10.9 Å². The highest BCUT2D eigenvalue weighted by molar-refractivity contribution is 7.85. The zero-order valence-corrected chi connectivity index (χ0v) is 20.2. The molecule has 0 spiro atoms. The van der Waals surface area contributed by atoms with Gasteiger partial charge in [-0.15, -0.1) is 0 Å². The number of nitrogens with zero attached hydrogens (tertiary/aromatic N) is 3. The summed E-state index contributed by atoms with van der Waals surface area (Å²) in [7, 11) is -1.09. The van der Waals surface area contributed by atoms with Crippen molar-refractivity contribution < 1.29 is 13.7 Å². The van der Waals surface area contributed by atoms with E-state index in [-0.39, 0.29) is 18.0 Å². The second kappa shape index (κ2) is 8.30. The van der Waals surface area contributed by atoms with E-state index in [0.29, 0.717) is 29.9 Å². The minimum absolute atomic E-state index is 0.0490. The third-order valence-corrected chi connectivity index (χ3v) is 9.10. The van der Waals surface area contributed by atoms with Crippen molar-refractivity contribution in [2.45, 2.75) is 61.8 Å². The summed E-state index contributed by atoms with van der Waals surface area (Å²) < 4.78 is 26.4. The van der Waals surface area contributed by atoms with Gasteiger partial charge in [-0.05, 0) is 61.8 Å². The molecule has 1 aliphatic carbocycles. The van der Waals surface area contributed by atoms with Crippen molar-refractivity contribution in [2.75, 3.05) is 35.7 Å². The van der Waals surface area contributed by atoms with E-state index in [1.165, 1.54) is 11.3 Å². The highest BCUT2D eigenvalue weighted by Gasteiger charge is 2.44. The molecule has 2 fully saturated rings. The predicted molar refractivity (Wildman–Crippen MR) is 132 cm³/mol. The van der Waals surface area contributed by atoms with Crippen LogP contribution in [0, 0.1) is 5.82 Å². The van der Waals surface area contributed by atoms with Crippen LogP contribution in [0.2, 0.25) is 0 Å². The van der Waals surface area contributed by atoms with Crippen LogP contribution >= 0.6 is 0 Å². The Balaban J connectivity index is 1.26. The Hall–Kier alpha value is -2.52. The first-order chi connectivity index (χ1) is 16.5. The molecular weight excluding hydrogens is 453 g/mol. The zero-order chi connectivity index (χ0) is 23.4. The number of piperidine rings is 1. The molecule has 0 amide bonds. The van der Waals surface area contributed by atoms with E-state index < -0.39 is 10.8 Å². The Morgan fingerprint density at radius 1 is 1.29 bits per heavy atom. The van der Waals surface area contributed by atoms with Gasteiger partial charge in [-0.2, -0.15) is 4.98 Å². The molecule has 9 heteroatoms. The molecule has 4 heterocycles. The first-order valence-corrected chi connectivity index (χ1v) is 13.6. The lowest BCUT2D eigenvalue weighted by Crippen LogP contribution is -2.35.